The third-order valence-corrected chi connectivity index (χ3v) is 5.52. The van der Waals surface area contributed by atoms with Crippen LogP contribution in [0.3, 0.4) is 0 Å². The molecule has 0 aliphatic carbocycles. The van der Waals surface area contributed by atoms with Gasteiger partial charge < -0.3 is 10.1 Å². The fraction of sp³-hybridized carbons (Fsp3) is 0.211. The summed E-state index contributed by atoms with van der Waals surface area (Å²) in [6.45, 7) is 2.41. The van der Waals surface area contributed by atoms with Crippen LogP contribution in [0.1, 0.15) is 18.1 Å². The zero-order chi connectivity index (χ0) is 21.2. The Labute approximate surface area is 166 Å². The largest absolute Gasteiger partial charge is 0.454 e. The van der Waals surface area contributed by atoms with Crippen LogP contribution in [0.5, 0.6) is 0 Å². The maximum atomic E-state index is 13.5. The molecular formula is C19H18FN3O5S. The summed E-state index contributed by atoms with van der Waals surface area (Å²) in [7, 11) is -3.72. The van der Waals surface area contributed by atoms with E-state index in [1.165, 1.54) is 25.1 Å². The molecule has 152 valence electrons. The number of halogens is 1. The van der Waals surface area contributed by atoms with Crippen LogP contribution in [0.25, 0.3) is 0 Å². The highest BCUT2D eigenvalue weighted by Gasteiger charge is 2.31. The number of esters is 1. The number of rotatable bonds is 5. The fourth-order valence-electron chi connectivity index (χ4n) is 2.60. The van der Waals surface area contributed by atoms with Crippen molar-refractivity contribution in [2.45, 2.75) is 24.8 Å². The van der Waals surface area contributed by atoms with Gasteiger partial charge in [-0.3, -0.25) is 14.5 Å². The van der Waals surface area contributed by atoms with Gasteiger partial charge in [0.05, 0.1) is 4.90 Å². The first kappa shape index (κ1) is 20.5. The number of amidine groups is 1. The summed E-state index contributed by atoms with van der Waals surface area (Å²) in [5, 5.41) is 2.42. The Bertz CT molecular complexity index is 1110. The van der Waals surface area contributed by atoms with E-state index in [-0.39, 0.29) is 16.4 Å². The molecule has 3 rings (SSSR count). The van der Waals surface area contributed by atoms with Gasteiger partial charge in [0.1, 0.15) is 17.7 Å². The number of fused-ring (bicyclic) bond motifs is 1. The number of benzene rings is 2. The summed E-state index contributed by atoms with van der Waals surface area (Å²) < 4.78 is 44.8. The second-order valence-corrected chi connectivity index (χ2v) is 8.03. The van der Waals surface area contributed by atoms with E-state index in [1.807, 2.05) is 0 Å². The predicted octanol–water partition coefficient (Wildman–Crippen LogP) is 1.74. The smallest absolute Gasteiger partial charge is 0.331 e. The number of amides is 1. The monoisotopic (exact) mass is 419 g/mol. The van der Waals surface area contributed by atoms with E-state index in [0.29, 0.717) is 11.1 Å². The highest BCUT2D eigenvalue weighted by Crippen LogP contribution is 2.22. The fourth-order valence-corrected chi connectivity index (χ4v) is 3.84. The van der Waals surface area contributed by atoms with E-state index in [2.05, 4.69) is 15.0 Å². The van der Waals surface area contributed by atoms with Crippen molar-refractivity contribution in [3.8, 4) is 0 Å². The number of carbonyl (C=O) groups excluding carboxylic acids is 2. The molecule has 1 aliphatic heterocycles. The molecular weight excluding hydrogens is 401 g/mol. The molecule has 1 aliphatic rings. The second-order valence-electron chi connectivity index (χ2n) is 6.38. The lowest BCUT2D eigenvalue weighted by Gasteiger charge is -2.10. The molecule has 2 N–H and O–H groups in total. The maximum absolute atomic E-state index is 13.5. The van der Waals surface area contributed by atoms with E-state index in [1.54, 1.807) is 25.1 Å². The molecule has 0 aromatic heterocycles. The van der Waals surface area contributed by atoms with Crippen molar-refractivity contribution in [2.24, 2.45) is 4.99 Å². The molecule has 0 saturated carbocycles. The highest BCUT2D eigenvalue weighted by atomic mass is 32.2. The van der Waals surface area contributed by atoms with E-state index in [0.717, 1.165) is 6.07 Å². The molecule has 0 bridgehead atoms. The van der Waals surface area contributed by atoms with Crippen LogP contribution in [0.15, 0.2) is 52.4 Å². The maximum Gasteiger partial charge on any atom is 0.331 e. The summed E-state index contributed by atoms with van der Waals surface area (Å²) in [4.78, 5) is 28.1. The topological polar surface area (TPSA) is 114 Å². The van der Waals surface area contributed by atoms with Crippen molar-refractivity contribution in [3.63, 3.8) is 0 Å². The third-order valence-electron chi connectivity index (χ3n) is 4.13. The normalized spacial score (nSPS) is 16.6. The van der Waals surface area contributed by atoms with E-state index in [4.69, 9.17) is 4.74 Å². The molecule has 1 atom stereocenters. The van der Waals surface area contributed by atoms with Gasteiger partial charge in [0.2, 0.25) is 0 Å². The molecule has 0 radical (unpaired) electrons. The van der Waals surface area contributed by atoms with E-state index < -0.39 is 40.4 Å². The van der Waals surface area contributed by atoms with Crippen LogP contribution in [0.4, 0.5) is 10.1 Å². The number of hydrogen-bond acceptors (Lipinski definition) is 6. The van der Waals surface area contributed by atoms with Gasteiger partial charge in [-0.25, -0.2) is 17.6 Å². The number of anilines is 1. The molecule has 10 heteroatoms. The Morgan fingerprint density at radius 1 is 1.24 bits per heavy atom. The van der Waals surface area contributed by atoms with Gasteiger partial charge in [0, 0.05) is 11.3 Å². The molecule has 29 heavy (non-hydrogen) atoms. The number of aliphatic imine (C=N–C) groups is 1. The molecule has 2 aromatic rings. The number of aryl methyl sites for hydroxylation is 1. The first-order valence-electron chi connectivity index (χ1n) is 8.60. The first-order chi connectivity index (χ1) is 13.7. The van der Waals surface area contributed by atoms with Crippen molar-refractivity contribution in [2.75, 3.05) is 11.9 Å². The van der Waals surface area contributed by atoms with Crippen LogP contribution in [0, 0.1) is 12.7 Å². The molecule has 0 saturated heterocycles. The molecule has 0 fully saturated rings. The lowest BCUT2D eigenvalue weighted by molar-refractivity contribution is -0.148. The van der Waals surface area contributed by atoms with Gasteiger partial charge in [-0.15, -0.1) is 0 Å². The Balaban J connectivity index is 1.60. The quantitative estimate of drug-likeness (QED) is 0.717. The van der Waals surface area contributed by atoms with Gasteiger partial charge in [-0.1, -0.05) is 18.2 Å². The Kier molecular flexibility index (Phi) is 5.64. The molecule has 1 heterocycles. The number of nitrogens with one attached hydrogen (secondary N) is 2. The van der Waals surface area contributed by atoms with Crippen LogP contribution >= 0.6 is 0 Å². The average molecular weight is 419 g/mol. The van der Waals surface area contributed by atoms with Crippen molar-refractivity contribution in [3.05, 3.63) is 59.4 Å². The zero-order valence-corrected chi connectivity index (χ0v) is 16.4. The summed E-state index contributed by atoms with van der Waals surface area (Å²) in [5.41, 5.74) is 1.03. The third kappa shape index (κ3) is 4.60. The second kappa shape index (κ2) is 8.00. The summed E-state index contributed by atoms with van der Waals surface area (Å²) in [6.07, 6.45) is 0. The lowest BCUT2D eigenvalue weighted by Crippen LogP contribution is -2.28. The standard InChI is InChI=1S/C19H18FN3O5S/c1-11-7-8-13(9-15(11)20)22-17(24)10-28-19(25)12(2)21-18-14-5-3-4-6-16(14)29(26,27)23-18/h3-9,12H,10H2,1-2H3,(H,21,23)(H,22,24)/t12-/m1/s1. The van der Waals surface area contributed by atoms with E-state index in [9.17, 15) is 22.4 Å². The van der Waals surface area contributed by atoms with Gasteiger partial charge in [-0.2, -0.15) is 0 Å². The molecule has 2 aromatic carbocycles. The number of carbonyl (C=O) groups is 2. The predicted molar refractivity (Wildman–Crippen MR) is 103 cm³/mol. The van der Waals surface area contributed by atoms with Gasteiger partial charge in [0.25, 0.3) is 15.9 Å². The minimum absolute atomic E-state index is 0.0321. The molecule has 0 unspecified atom stereocenters. The minimum atomic E-state index is -3.72. The van der Waals surface area contributed by atoms with Crippen LogP contribution in [-0.2, 0) is 24.3 Å². The van der Waals surface area contributed by atoms with Crippen LogP contribution < -0.4 is 10.0 Å². The summed E-state index contributed by atoms with van der Waals surface area (Å²) >= 11 is 0. The number of sulfonamides is 1. The SMILES string of the molecule is Cc1ccc(NC(=O)COC(=O)[C@@H](C)N=C2NS(=O)(=O)c3ccccc32)cc1F. The summed E-state index contributed by atoms with van der Waals surface area (Å²) in [6, 6.07) is 9.37. The van der Waals surface area contributed by atoms with Gasteiger partial charge >= 0.3 is 5.97 Å². The number of hydrogen-bond donors (Lipinski definition) is 2. The number of nitrogens with zero attached hydrogens (tertiary/aromatic N) is 1. The van der Waals surface area contributed by atoms with Gasteiger partial charge in [0.15, 0.2) is 6.61 Å². The average Bonchev–Trinajstić information content (AvgIpc) is 2.93. The van der Waals surface area contributed by atoms with Crippen LogP contribution in [-0.4, -0.2) is 38.8 Å². The zero-order valence-electron chi connectivity index (χ0n) is 15.6. The van der Waals surface area contributed by atoms with Crippen molar-refractivity contribution in [1.29, 1.82) is 0 Å². The Hall–Kier alpha value is -3.27. The first-order valence-corrected chi connectivity index (χ1v) is 10.1. The highest BCUT2D eigenvalue weighted by molar-refractivity contribution is 7.90. The Morgan fingerprint density at radius 2 is 1.97 bits per heavy atom. The minimum Gasteiger partial charge on any atom is -0.454 e. The Morgan fingerprint density at radius 3 is 2.69 bits per heavy atom. The summed E-state index contributed by atoms with van der Waals surface area (Å²) in [5.74, 6) is -1.90. The van der Waals surface area contributed by atoms with Crippen molar-refractivity contribution >= 4 is 33.4 Å². The van der Waals surface area contributed by atoms with E-state index >= 15 is 0 Å². The number of ether oxygens (including phenoxy) is 1. The van der Waals surface area contributed by atoms with Crippen molar-refractivity contribution in [1.82, 2.24) is 4.72 Å². The van der Waals surface area contributed by atoms with Crippen LogP contribution in [0.2, 0.25) is 0 Å². The molecule has 8 nitrogen and oxygen atoms in total. The van der Waals surface area contributed by atoms with Gasteiger partial charge in [-0.05, 0) is 43.7 Å². The molecule has 1 amide bonds. The lowest BCUT2D eigenvalue weighted by atomic mass is 10.2. The molecule has 0 spiro atoms. The van der Waals surface area contributed by atoms with Crippen molar-refractivity contribution < 1.29 is 27.1 Å².